The number of hydrogen-bond donors (Lipinski definition) is 2. The third-order valence-electron chi connectivity index (χ3n) is 6.18. The SMILES string of the molecule is CCCCCCC(N)c1ccc(OCCCOc2ccc(C(N)CCCCCC)cc2)cc1. The molecule has 2 rings (SSSR count). The Bertz CT molecular complexity index is 667. The van der Waals surface area contributed by atoms with Gasteiger partial charge < -0.3 is 20.9 Å². The van der Waals surface area contributed by atoms with E-state index in [1.165, 1.54) is 62.5 Å². The summed E-state index contributed by atoms with van der Waals surface area (Å²) < 4.78 is 11.7. The van der Waals surface area contributed by atoms with Crippen LogP contribution in [0, 0.1) is 0 Å². The van der Waals surface area contributed by atoms with Crippen LogP contribution in [0.2, 0.25) is 0 Å². The zero-order valence-corrected chi connectivity index (χ0v) is 20.9. The monoisotopic (exact) mass is 454 g/mol. The summed E-state index contributed by atoms with van der Waals surface area (Å²) >= 11 is 0. The topological polar surface area (TPSA) is 70.5 Å². The van der Waals surface area contributed by atoms with E-state index in [2.05, 4.69) is 38.1 Å². The molecule has 4 N–H and O–H groups in total. The summed E-state index contributed by atoms with van der Waals surface area (Å²) in [6.07, 6.45) is 12.9. The van der Waals surface area contributed by atoms with Crippen molar-refractivity contribution in [2.45, 2.75) is 96.6 Å². The van der Waals surface area contributed by atoms with Crippen LogP contribution in [0.5, 0.6) is 11.5 Å². The fourth-order valence-electron chi connectivity index (χ4n) is 3.98. The van der Waals surface area contributed by atoms with Crippen LogP contribution in [0.4, 0.5) is 0 Å². The van der Waals surface area contributed by atoms with Crippen molar-refractivity contribution in [1.29, 1.82) is 0 Å². The molecule has 0 aromatic heterocycles. The number of benzene rings is 2. The molecule has 2 aromatic rings. The van der Waals surface area contributed by atoms with Gasteiger partial charge in [0.15, 0.2) is 0 Å². The van der Waals surface area contributed by atoms with Crippen LogP contribution >= 0.6 is 0 Å². The first-order valence-electron chi connectivity index (χ1n) is 13.1. The van der Waals surface area contributed by atoms with Crippen LogP contribution < -0.4 is 20.9 Å². The van der Waals surface area contributed by atoms with Gasteiger partial charge in [0.2, 0.25) is 0 Å². The number of nitrogens with two attached hydrogens (primary N) is 2. The first-order chi connectivity index (χ1) is 16.1. The van der Waals surface area contributed by atoms with E-state index in [-0.39, 0.29) is 12.1 Å². The highest BCUT2D eigenvalue weighted by Crippen LogP contribution is 2.22. The highest BCUT2D eigenvalue weighted by Gasteiger charge is 2.07. The molecular formula is C29H46N2O2. The second-order valence-electron chi connectivity index (χ2n) is 9.10. The second-order valence-corrected chi connectivity index (χ2v) is 9.10. The normalized spacial score (nSPS) is 13.0. The second kappa shape index (κ2) is 16.6. The van der Waals surface area contributed by atoms with Gasteiger partial charge in [0.1, 0.15) is 11.5 Å². The number of ether oxygens (including phenoxy) is 2. The van der Waals surface area contributed by atoms with E-state index in [9.17, 15) is 0 Å². The highest BCUT2D eigenvalue weighted by atomic mass is 16.5. The molecule has 2 unspecified atom stereocenters. The minimum absolute atomic E-state index is 0.117. The minimum atomic E-state index is 0.117. The van der Waals surface area contributed by atoms with Gasteiger partial charge in [0.05, 0.1) is 13.2 Å². The molecule has 0 bridgehead atoms. The van der Waals surface area contributed by atoms with E-state index < -0.39 is 0 Å². The maximum atomic E-state index is 6.32. The van der Waals surface area contributed by atoms with Crippen LogP contribution in [-0.2, 0) is 0 Å². The van der Waals surface area contributed by atoms with Crippen molar-refractivity contribution in [1.82, 2.24) is 0 Å². The maximum absolute atomic E-state index is 6.32. The van der Waals surface area contributed by atoms with E-state index >= 15 is 0 Å². The van der Waals surface area contributed by atoms with Gasteiger partial charge in [-0.25, -0.2) is 0 Å². The summed E-state index contributed by atoms with van der Waals surface area (Å²) in [4.78, 5) is 0. The zero-order valence-electron chi connectivity index (χ0n) is 20.9. The fraction of sp³-hybridized carbons (Fsp3) is 0.586. The minimum Gasteiger partial charge on any atom is -0.493 e. The molecule has 0 saturated heterocycles. The van der Waals surface area contributed by atoms with Crippen molar-refractivity contribution >= 4 is 0 Å². The first-order valence-corrected chi connectivity index (χ1v) is 13.1. The lowest BCUT2D eigenvalue weighted by molar-refractivity contribution is 0.247. The van der Waals surface area contributed by atoms with Gasteiger partial charge >= 0.3 is 0 Å². The molecule has 0 heterocycles. The van der Waals surface area contributed by atoms with E-state index in [0.29, 0.717) is 13.2 Å². The van der Waals surface area contributed by atoms with Gasteiger partial charge in [0, 0.05) is 18.5 Å². The third-order valence-corrected chi connectivity index (χ3v) is 6.18. The Hall–Kier alpha value is -2.04. The highest BCUT2D eigenvalue weighted by molar-refractivity contribution is 5.30. The molecule has 2 atom stereocenters. The van der Waals surface area contributed by atoms with Gasteiger partial charge in [-0.3, -0.25) is 0 Å². The quantitative estimate of drug-likeness (QED) is 0.229. The maximum Gasteiger partial charge on any atom is 0.119 e. The summed E-state index contributed by atoms with van der Waals surface area (Å²) in [5.74, 6) is 1.77. The summed E-state index contributed by atoms with van der Waals surface area (Å²) in [5.41, 5.74) is 15.0. The average molecular weight is 455 g/mol. The van der Waals surface area contributed by atoms with Gasteiger partial charge in [-0.15, -0.1) is 0 Å². The largest absolute Gasteiger partial charge is 0.493 e. The molecule has 0 fully saturated rings. The number of rotatable bonds is 18. The Kier molecular flexibility index (Phi) is 13.6. The van der Waals surface area contributed by atoms with Crippen molar-refractivity contribution in [3.05, 3.63) is 59.7 Å². The lowest BCUT2D eigenvalue weighted by atomic mass is 10.0. The van der Waals surface area contributed by atoms with Crippen molar-refractivity contribution in [2.75, 3.05) is 13.2 Å². The Morgan fingerprint density at radius 3 is 1.30 bits per heavy atom. The van der Waals surface area contributed by atoms with Crippen molar-refractivity contribution < 1.29 is 9.47 Å². The molecule has 2 aromatic carbocycles. The smallest absolute Gasteiger partial charge is 0.119 e. The summed E-state index contributed by atoms with van der Waals surface area (Å²) in [6, 6.07) is 16.7. The summed E-state index contributed by atoms with van der Waals surface area (Å²) in [7, 11) is 0. The predicted octanol–water partition coefficient (Wildman–Crippen LogP) is 7.47. The van der Waals surface area contributed by atoms with Gasteiger partial charge in [0.25, 0.3) is 0 Å². The first kappa shape index (κ1) is 27.2. The number of hydrogen-bond acceptors (Lipinski definition) is 4. The molecule has 0 saturated carbocycles. The lowest BCUT2D eigenvalue weighted by Gasteiger charge is -2.14. The molecule has 184 valence electrons. The molecule has 0 aliphatic carbocycles. The van der Waals surface area contributed by atoms with Crippen LogP contribution in [0.1, 0.15) is 108 Å². The Balaban J connectivity index is 1.61. The van der Waals surface area contributed by atoms with Crippen molar-refractivity contribution in [2.24, 2.45) is 11.5 Å². The number of unbranched alkanes of at least 4 members (excludes halogenated alkanes) is 6. The lowest BCUT2D eigenvalue weighted by Crippen LogP contribution is -2.10. The van der Waals surface area contributed by atoms with Crippen LogP contribution in [0.25, 0.3) is 0 Å². The molecule has 33 heavy (non-hydrogen) atoms. The molecule has 0 radical (unpaired) electrons. The van der Waals surface area contributed by atoms with E-state index in [1.54, 1.807) is 0 Å². The van der Waals surface area contributed by atoms with Gasteiger partial charge in [-0.1, -0.05) is 89.5 Å². The Morgan fingerprint density at radius 2 is 0.939 bits per heavy atom. The molecule has 0 aliphatic heterocycles. The van der Waals surface area contributed by atoms with E-state index in [4.69, 9.17) is 20.9 Å². The standard InChI is InChI=1S/C29H46N2O2/c1-3-5-7-9-12-28(30)24-14-18-26(19-15-24)32-22-11-23-33-27-20-16-25(17-21-27)29(31)13-10-8-6-4-2/h14-21,28-29H,3-13,22-23,30-31H2,1-2H3. The van der Waals surface area contributed by atoms with Crippen LogP contribution in [0.3, 0.4) is 0 Å². The van der Waals surface area contributed by atoms with E-state index in [1.807, 2.05) is 24.3 Å². The average Bonchev–Trinajstić information content (AvgIpc) is 2.85. The van der Waals surface area contributed by atoms with E-state index in [0.717, 1.165) is 30.8 Å². The van der Waals surface area contributed by atoms with Gasteiger partial charge in [-0.05, 0) is 48.2 Å². The zero-order chi connectivity index (χ0) is 23.7. The predicted molar refractivity (Wildman–Crippen MR) is 140 cm³/mol. The molecule has 0 amide bonds. The van der Waals surface area contributed by atoms with Crippen LogP contribution in [0.15, 0.2) is 48.5 Å². The fourth-order valence-corrected chi connectivity index (χ4v) is 3.98. The molecule has 0 aliphatic rings. The van der Waals surface area contributed by atoms with Crippen molar-refractivity contribution in [3.63, 3.8) is 0 Å². The van der Waals surface area contributed by atoms with Crippen LogP contribution in [-0.4, -0.2) is 13.2 Å². The van der Waals surface area contributed by atoms with Crippen molar-refractivity contribution in [3.8, 4) is 11.5 Å². The molecular weight excluding hydrogens is 408 g/mol. The summed E-state index contributed by atoms with van der Waals surface area (Å²) in [5, 5.41) is 0. The third kappa shape index (κ3) is 11.1. The van der Waals surface area contributed by atoms with Gasteiger partial charge in [-0.2, -0.15) is 0 Å². The Labute approximate surface area is 202 Å². The molecule has 0 spiro atoms. The molecule has 4 heteroatoms. The Morgan fingerprint density at radius 1 is 0.545 bits per heavy atom. The molecule has 4 nitrogen and oxygen atoms in total. The summed E-state index contributed by atoms with van der Waals surface area (Å²) in [6.45, 7) is 5.72.